The molecule has 0 amide bonds. The van der Waals surface area contributed by atoms with E-state index in [0.29, 0.717) is 22.2 Å². The van der Waals surface area contributed by atoms with Gasteiger partial charge in [0.2, 0.25) is 0 Å². The van der Waals surface area contributed by atoms with Crippen molar-refractivity contribution in [1.82, 2.24) is 5.48 Å². The average molecular weight is 339 g/mol. The Morgan fingerprint density at radius 2 is 2.28 bits per heavy atom. The summed E-state index contributed by atoms with van der Waals surface area (Å²) in [7, 11) is 1.50. The molecule has 0 radical (unpaired) electrons. The van der Waals surface area contributed by atoms with Crippen LogP contribution >= 0.6 is 27.5 Å². The van der Waals surface area contributed by atoms with E-state index >= 15 is 0 Å². The Labute approximate surface area is 119 Å². The first-order valence-corrected chi connectivity index (χ1v) is 6.68. The van der Waals surface area contributed by atoms with Crippen molar-refractivity contribution >= 4 is 27.5 Å². The summed E-state index contributed by atoms with van der Waals surface area (Å²) in [6.45, 7) is 3.89. The van der Waals surface area contributed by atoms with E-state index in [4.69, 9.17) is 21.2 Å². The van der Waals surface area contributed by atoms with Crippen LogP contribution in [0.1, 0.15) is 31.9 Å². The molecule has 1 aromatic rings. The monoisotopic (exact) mass is 337 g/mol. The van der Waals surface area contributed by atoms with Crippen LogP contribution in [-0.4, -0.2) is 12.7 Å². The molecule has 0 fully saturated rings. The molecule has 0 bridgehead atoms. The molecule has 1 N–H and O–H groups in total. The highest BCUT2D eigenvalue weighted by molar-refractivity contribution is 9.10. The Kier molecular flexibility index (Phi) is 3.88. The summed E-state index contributed by atoms with van der Waals surface area (Å²) in [6, 6.07) is 1.20. The Bertz CT molecular complexity index is 482. The van der Waals surface area contributed by atoms with Gasteiger partial charge < -0.3 is 9.57 Å². The van der Waals surface area contributed by atoms with Gasteiger partial charge in [-0.15, -0.1) is 0 Å². The van der Waals surface area contributed by atoms with E-state index in [0.717, 1.165) is 0 Å². The molecule has 1 unspecified atom stereocenters. The zero-order chi connectivity index (χ0) is 13.5. The van der Waals surface area contributed by atoms with Crippen molar-refractivity contribution in [1.29, 1.82) is 0 Å². The maximum absolute atomic E-state index is 14.2. The van der Waals surface area contributed by atoms with Crippen LogP contribution in [0.2, 0.25) is 5.02 Å². The molecule has 1 aromatic carbocycles. The number of hydrogen-bond donors (Lipinski definition) is 1. The number of nitrogens with one attached hydrogen (secondary N) is 1. The maximum atomic E-state index is 14.2. The van der Waals surface area contributed by atoms with E-state index in [-0.39, 0.29) is 11.1 Å². The number of hydrogen-bond acceptors (Lipinski definition) is 3. The molecule has 100 valence electrons. The molecule has 1 heterocycles. The summed E-state index contributed by atoms with van der Waals surface area (Å²) in [6.07, 6.45) is 0.581. The molecule has 18 heavy (non-hydrogen) atoms. The molecular weight excluding hydrogens is 324 g/mol. The van der Waals surface area contributed by atoms with Crippen molar-refractivity contribution in [3.63, 3.8) is 0 Å². The van der Waals surface area contributed by atoms with E-state index in [9.17, 15) is 4.39 Å². The lowest BCUT2D eigenvalue weighted by atomic mass is 9.90. The minimum atomic E-state index is -0.472. The lowest BCUT2D eigenvalue weighted by molar-refractivity contribution is 0.000875. The second kappa shape index (κ2) is 4.96. The molecule has 0 spiro atoms. The quantitative estimate of drug-likeness (QED) is 0.653. The van der Waals surface area contributed by atoms with E-state index in [1.807, 2.05) is 13.8 Å². The lowest BCUT2D eigenvalue weighted by Gasteiger charge is -2.38. The highest BCUT2D eigenvalue weighted by Gasteiger charge is 2.37. The van der Waals surface area contributed by atoms with Gasteiger partial charge in [-0.25, -0.2) is 4.39 Å². The number of fused-ring (bicyclic) bond motifs is 1. The summed E-state index contributed by atoms with van der Waals surface area (Å²) in [5.41, 5.74) is 2.78. The molecule has 0 saturated carbocycles. The third-order valence-electron chi connectivity index (χ3n) is 2.84. The van der Waals surface area contributed by atoms with Crippen LogP contribution < -0.4 is 10.2 Å². The maximum Gasteiger partial charge on any atom is 0.150 e. The predicted molar refractivity (Wildman–Crippen MR) is 71.3 cm³/mol. The van der Waals surface area contributed by atoms with Crippen molar-refractivity contribution in [3.8, 4) is 5.75 Å². The van der Waals surface area contributed by atoms with Crippen molar-refractivity contribution < 1.29 is 14.0 Å². The van der Waals surface area contributed by atoms with Crippen molar-refractivity contribution in [3.05, 3.63) is 26.9 Å². The summed E-state index contributed by atoms with van der Waals surface area (Å²) >= 11 is 9.21. The number of rotatable bonds is 2. The highest BCUT2D eigenvalue weighted by atomic mass is 79.9. The molecule has 0 saturated heterocycles. The summed E-state index contributed by atoms with van der Waals surface area (Å²) in [5.74, 6) is 0.00242. The van der Waals surface area contributed by atoms with Crippen LogP contribution in [0, 0.1) is 5.82 Å². The van der Waals surface area contributed by atoms with Gasteiger partial charge in [-0.1, -0.05) is 11.6 Å². The van der Waals surface area contributed by atoms with E-state index in [1.165, 1.54) is 13.2 Å². The second-order valence-electron chi connectivity index (χ2n) is 4.84. The van der Waals surface area contributed by atoms with Crippen LogP contribution in [-0.2, 0) is 4.84 Å². The van der Waals surface area contributed by atoms with E-state index in [2.05, 4.69) is 21.4 Å². The van der Waals surface area contributed by atoms with Crippen molar-refractivity contribution in [2.75, 3.05) is 7.11 Å². The molecule has 0 aliphatic carbocycles. The van der Waals surface area contributed by atoms with Crippen molar-refractivity contribution in [2.45, 2.75) is 31.9 Å². The minimum Gasteiger partial charge on any atom is -0.486 e. The number of hydroxylamine groups is 1. The number of benzene rings is 1. The summed E-state index contributed by atoms with van der Waals surface area (Å²) < 4.78 is 20.6. The molecule has 1 aliphatic heterocycles. The smallest absolute Gasteiger partial charge is 0.150 e. The normalized spacial score (nSPS) is 21.3. The largest absolute Gasteiger partial charge is 0.486 e. The lowest BCUT2D eigenvalue weighted by Crippen LogP contribution is -2.40. The van der Waals surface area contributed by atoms with Crippen LogP contribution in [0.3, 0.4) is 0 Å². The first-order valence-electron chi connectivity index (χ1n) is 5.50. The predicted octanol–water partition coefficient (Wildman–Crippen LogP) is 3.99. The minimum absolute atomic E-state index is 0.0619. The van der Waals surface area contributed by atoms with Gasteiger partial charge in [-0.3, -0.25) is 0 Å². The fourth-order valence-corrected chi connectivity index (χ4v) is 3.03. The van der Waals surface area contributed by atoms with Crippen LogP contribution in [0.4, 0.5) is 4.39 Å². The fourth-order valence-electron chi connectivity index (χ4n) is 2.17. The summed E-state index contributed by atoms with van der Waals surface area (Å²) in [4.78, 5) is 4.94. The summed E-state index contributed by atoms with van der Waals surface area (Å²) in [5, 5.41) is 0.0619. The first kappa shape index (κ1) is 14.1. The molecule has 2 rings (SSSR count). The van der Waals surface area contributed by atoms with Gasteiger partial charge in [0, 0.05) is 6.42 Å². The van der Waals surface area contributed by atoms with Gasteiger partial charge >= 0.3 is 0 Å². The highest BCUT2D eigenvalue weighted by Crippen LogP contribution is 2.46. The molecule has 1 aliphatic rings. The third kappa shape index (κ3) is 2.50. The molecule has 1 atom stereocenters. The van der Waals surface area contributed by atoms with Crippen LogP contribution in [0.5, 0.6) is 5.75 Å². The Balaban J connectivity index is 2.59. The Morgan fingerprint density at radius 3 is 2.89 bits per heavy atom. The first-order chi connectivity index (χ1) is 8.35. The number of ether oxygens (including phenoxy) is 1. The van der Waals surface area contributed by atoms with Gasteiger partial charge in [0.05, 0.1) is 28.2 Å². The SMILES string of the molecule is CONC1CC(C)(C)Oc2c(Br)cc(Cl)c(F)c21. The molecule has 3 nitrogen and oxygen atoms in total. The molecular formula is C12H14BrClFNO2. The third-order valence-corrected chi connectivity index (χ3v) is 3.71. The molecule has 6 heteroatoms. The van der Waals surface area contributed by atoms with Gasteiger partial charge in [0.25, 0.3) is 0 Å². The number of halogens is 3. The van der Waals surface area contributed by atoms with E-state index in [1.54, 1.807) is 0 Å². The zero-order valence-electron chi connectivity index (χ0n) is 10.3. The fraction of sp³-hybridized carbons (Fsp3) is 0.500. The van der Waals surface area contributed by atoms with Crippen molar-refractivity contribution in [2.24, 2.45) is 0 Å². The van der Waals surface area contributed by atoms with Gasteiger partial charge in [-0.05, 0) is 35.8 Å². The van der Waals surface area contributed by atoms with Gasteiger partial charge in [0.15, 0.2) is 0 Å². The molecule has 0 aromatic heterocycles. The van der Waals surface area contributed by atoms with Crippen LogP contribution in [0.25, 0.3) is 0 Å². The standard InChI is InChI=1S/C12H14BrClFNO2/c1-12(2)5-8(16-17-3)9-10(15)7(14)4-6(13)11(9)18-12/h4,8,16H,5H2,1-3H3. The second-order valence-corrected chi connectivity index (χ2v) is 6.10. The van der Waals surface area contributed by atoms with Gasteiger partial charge in [-0.2, -0.15) is 5.48 Å². The average Bonchev–Trinajstić information content (AvgIpc) is 2.25. The topological polar surface area (TPSA) is 30.5 Å². The Hall–Kier alpha value is -0.360. The van der Waals surface area contributed by atoms with Gasteiger partial charge in [0.1, 0.15) is 17.2 Å². The van der Waals surface area contributed by atoms with E-state index < -0.39 is 11.4 Å². The zero-order valence-corrected chi connectivity index (χ0v) is 12.7. The van der Waals surface area contributed by atoms with Crippen LogP contribution in [0.15, 0.2) is 10.5 Å². The Morgan fingerprint density at radius 1 is 1.61 bits per heavy atom.